The maximum atomic E-state index is 13.0. The molecule has 0 spiro atoms. The highest BCUT2D eigenvalue weighted by Gasteiger charge is 2.96. The zero-order valence-corrected chi connectivity index (χ0v) is 26.4. The van der Waals surface area contributed by atoms with E-state index in [0.29, 0.717) is 0 Å². The molecular weight excluding hydrogens is 818 g/mol. The Morgan fingerprint density at radius 2 is 0.840 bits per heavy atom. The minimum Gasteiger partial charge on any atom is -0.281 e. The molecule has 0 aliphatic carbocycles. The van der Waals surface area contributed by atoms with E-state index in [-0.39, 0.29) is 0 Å². The van der Waals surface area contributed by atoms with Crippen molar-refractivity contribution < 1.29 is 87.6 Å². The second-order valence-corrected chi connectivity index (χ2v) is 12.5. The Morgan fingerprint density at radius 3 is 1.20 bits per heavy atom. The quantitative estimate of drug-likeness (QED) is 0.128. The van der Waals surface area contributed by atoms with Crippen molar-refractivity contribution in [2.45, 2.75) is 51.9 Å². The van der Waals surface area contributed by atoms with E-state index in [1.54, 1.807) is 0 Å². The number of hydrogen-bond donors (Lipinski definition) is 2. The van der Waals surface area contributed by atoms with Crippen molar-refractivity contribution in [3.8, 4) is 22.3 Å². The van der Waals surface area contributed by atoms with E-state index < -0.39 is 57.1 Å². The first-order valence-corrected chi connectivity index (χ1v) is 14.8. The number of hydrogen-bond acceptors (Lipinski definition) is 3. The van der Waals surface area contributed by atoms with Gasteiger partial charge in [-0.25, -0.2) is 0 Å². The first-order chi connectivity index (χ1) is 22.1. The fourth-order valence-corrected chi connectivity index (χ4v) is 4.68. The highest BCUT2D eigenvalue weighted by Crippen LogP contribution is 2.64. The Balaban J connectivity index is 0.000000361. The van der Waals surface area contributed by atoms with Gasteiger partial charge >= 0.3 is 57.1 Å². The molecule has 3 nitrogen and oxygen atoms in total. The lowest BCUT2D eigenvalue weighted by Crippen LogP contribution is -2.74. The van der Waals surface area contributed by atoms with E-state index in [2.05, 4.69) is 18.7 Å². The largest absolute Gasteiger partial charge is 0.460 e. The fourth-order valence-electron chi connectivity index (χ4n) is 3.64. The van der Waals surface area contributed by atoms with E-state index in [4.69, 9.17) is 27.8 Å². The minimum atomic E-state index is -8.89. The van der Waals surface area contributed by atoms with Crippen molar-refractivity contribution in [1.82, 2.24) is 0 Å². The lowest BCUT2D eigenvalue weighted by Gasteiger charge is -2.42. The van der Waals surface area contributed by atoms with E-state index >= 15 is 0 Å². The number of halogens is 19. The predicted molar refractivity (Wildman–Crippen MR) is 147 cm³/mol. The molecule has 0 aliphatic heterocycles. The van der Waals surface area contributed by atoms with Crippen LogP contribution >= 0.6 is 35.8 Å². The summed E-state index contributed by atoms with van der Waals surface area (Å²) >= 11 is 16.6. The van der Waals surface area contributed by atoms with Crippen LogP contribution in [0.15, 0.2) is 71.6 Å². The van der Waals surface area contributed by atoms with Crippen LogP contribution in [-0.2, 0) is 10.1 Å². The van der Waals surface area contributed by atoms with Gasteiger partial charge in [-0.1, -0.05) is 59.6 Å². The van der Waals surface area contributed by atoms with Crippen LogP contribution in [0.5, 0.6) is 0 Å². The third kappa shape index (κ3) is 7.18. The summed E-state index contributed by atoms with van der Waals surface area (Å²) in [7, 11) is -7.89. The van der Waals surface area contributed by atoms with Crippen molar-refractivity contribution in [1.29, 1.82) is 0 Å². The van der Waals surface area contributed by atoms with Gasteiger partial charge in [0.2, 0.25) is 0 Å². The Hall–Kier alpha value is -2.69. The summed E-state index contributed by atoms with van der Waals surface area (Å²) in [4.78, 5) is 0.935. The zero-order chi connectivity index (χ0) is 39.3. The van der Waals surface area contributed by atoms with Crippen molar-refractivity contribution in [2.24, 2.45) is 0 Å². The Morgan fingerprint density at radius 1 is 0.500 bits per heavy atom. The van der Waals surface area contributed by atoms with Gasteiger partial charge in [0.25, 0.3) is 0 Å². The fraction of sp³-hybridized carbons (Fsp3) is 0.308. The van der Waals surface area contributed by atoms with Crippen molar-refractivity contribution >= 4 is 45.9 Å². The molecule has 0 saturated carbocycles. The molecule has 24 heteroatoms. The Bertz CT molecular complexity index is 1780. The van der Waals surface area contributed by atoms with Gasteiger partial charge in [0.1, 0.15) is 0 Å². The van der Waals surface area contributed by atoms with Crippen LogP contribution in [0.2, 0.25) is 10.0 Å². The summed E-state index contributed by atoms with van der Waals surface area (Å²) in [6.07, 6.45) is -7.88. The molecule has 0 aliphatic rings. The molecule has 0 bridgehead atoms. The van der Waals surface area contributed by atoms with Gasteiger partial charge < -0.3 is 0 Å². The van der Waals surface area contributed by atoms with Gasteiger partial charge in [0, 0.05) is 20.5 Å². The molecule has 0 fully saturated rings. The van der Waals surface area contributed by atoms with Crippen molar-refractivity contribution in [2.75, 3.05) is 0 Å². The standard InChI is InChI=1S/C18H12Cl2S.C8HF17O3S/c19-14-8-4-12(5-9-14)16-2-1-3-17(21)18(16)13-6-10-15(20)11-7-13;9-1(10,3(13,14)5(17,18)7(21,22)23)2(11,12)4(15,16)6(19,20)8(24,25)29(26,27)28/h1-11,21H;(H,26,27,28). The summed E-state index contributed by atoms with van der Waals surface area (Å²) in [5.41, 5.74) is 4.43. The van der Waals surface area contributed by atoms with Crippen LogP contribution in [0.4, 0.5) is 74.6 Å². The summed E-state index contributed by atoms with van der Waals surface area (Å²) in [6.45, 7) is 0. The predicted octanol–water partition coefficient (Wildman–Crippen LogP) is 11.5. The van der Waals surface area contributed by atoms with E-state index in [1.165, 1.54) is 0 Å². The molecule has 280 valence electrons. The highest BCUT2D eigenvalue weighted by atomic mass is 35.5. The number of alkyl halides is 17. The van der Waals surface area contributed by atoms with Crippen molar-refractivity contribution in [3.63, 3.8) is 0 Å². The normalized spacial score (nSPS) is 14.3. The minimum absolute atomic E-state index is 0.725. The topological polar surface area (TPSA) is 54.4 Å². The molecule has 0 unspecified atom stereocenters. The van der Waals surface area contributed by atoms with Gasteiger partial charge in [-0.3, -0.25) is 4.55 Å². The first kappa shape index (κ1) is 43.5. The summed E-state index contributed by atoms with van der Waals surface area (Å²) in [5, 5.41) is -6.39. The van der Waals surface area contributed by atoms with Crippen molar-refractivity contribution in [3.05, 3.63) is 76.8 Å². The van der Waals surface area contributed by atoms with Crippen LogP contribution in [0.3, 0.4) is 0 Å². The third-order valence-corrected chi connectivity index (χ3v) is 8.13. The molecule has 0 heterocycles. The summed E-state index contributed by atoms with van der Waals surface area (Å²) in [5.74, 6) is -52.0. The molecule has 0 aromatic heterocycles. The van der Waals surface area contributed by atoms with Crippen LogP contribution in [0.25, 0.3) is 22.3 Å². The molecule has 3 aromatic rings. The van der Waals surface area contributed by atoms with Crippen LogP contribution in [0.1, 0.15) is 0 Å². The van der Waals surface area contributed by atoms with Gasteiger partial charge in [0.15, 0.2) is 0 Å². The molecule has 3 rings (SSSR count). The molecule has 50 heavy (non-hydrogen) atoms. The first-order valence-electron chi connectivity index (χ1n) is 12.2. The van der Waals surface area contributed by atoms with E-state index in [0.717, 1.165) is 37.2 Å². The van der Waals surface area contributed by atoms with Crippen LogP contribution in [-0.4, -0.2) is 59.9 Å². The van der Waals surface area contributed by atoms with Gasteiger partial charge in [-0.2, -0.15) is 83.1 Å². The summed E-state index contributed by atoms with van der Waals surface area (Å²) < 4.78 is 242. The smallest absolute Gasteiger partial charge is 0.281 e. The molecule has 3 aromatic carbocycles. The lowest BCUT2D eigenvalue weighted by molar-refractivity contribution is -0.458. The third-order valence-electron chi connectivity index (χ3n) is 6.35. The maximum absolute atomic E-state index is 13.0. The maximum Gasteiger partial charge on any atom is 0.460 e. The molecule has 0 saturated heterocycles. The zero-order valence-electron chi connectivity index (χ0n) is 23.2. The molecule has 0 amide bonds. The number of rotatable bonds is 9. The Kier molecular flexibility index (Phi) is 11.9. The average molecular weight is 831 g/mol. The number of thiol groups is 1. The Labute approximate surface area is 284 Å². The summed E-state index contributed by atoms with van der Waals surface area (Å²) in [6, 6.07) is 21.7. The molecule has 1 N–H and O–H groups in total. The van der Waals surface area contributed by atoms with Gasteiger partial charge in [-0.05, 0) is 47.0 Å². The van der Waals surface area contributed by atoms with Crippen LogP contribution in [0, 0.1) is 0 Å². The average Bonchev–Trinajstić information content (AvgIpc) is 2.96. The lowest BCUT2D eigenvalue weighted by atomic mass is 9.91. The molecule has 0 atom stereocenters. The van der Waals surface area contributed by atoms with Gasteiger partial charge in [0.05, 0.1) is 0 Å². The van der Waals surface area contributed by atoms with Crippen LogP contribution < -0.4 is 0 Å². The second-order valence-electron chi connectivity index (χ2n) is 9.65. The number of benzene rings is 3. The van der Waals surface area contributed by atoms with E-state index in [9.17, 15) is 83.1 Å². The molecule has 0 radical (unpaired) electrons. The van der Waals surface area contributed by atoms with E-state index in [1.807, 2.05) is 60.7 Å². The SMILES string of the molecule is O=S(=O)(O)C(F)(F)C(F)(F)C(F)(F)C(F)(F)C(F)(F)C(F)(F)C(F)(F)C(F)(F)F.Sc1cccc(-c2ccc(Cl)cc2)c1-c1ccc(Cl)cc1. The molecular formula is C26H13Cl2F17O3S2. The monoisotopic (exact) mass is 830 g/mol. The second kappa shape index (κ2) is 13.7. The van der Waals surface area contributed by atoms with Gasteiger partial charge in [-0.15, -0.1) is 12.6 Å². The highest BCUT2D eigenvalue weighted by molar-refractivity contribution is 7.87.